The fourth-order valence-corrected chi connectivity index (χ4v) is 2.01. The van der Waals surface area contributed by atoms with E-state index in [4.69, 9.17) is 10.5 Å². The lowest BCUT2D eigenvalue weighted by molar-refractivity contribution is -0.131. The lowest BCUT2D eigenvalue weighted by Gasteiger charge is -2.19. The Kier molecular flexibility index (Phi) is 3.83. The molecule has 0 radical (unpaired) electrons. The molecule has 0 bridgehead atoms. The first-order chi connectivity index (χ1) is 9.46. The first-order valence-corrected chi connectivity index (χ1v) is 6.59. The zero-order valence-electron chi connectivity index (χ0n) is 11.7. The molecule has 3 amide bonds. The number of ether oxygens (including phenoxy) is 1. The third-order valence-electron chi connectivity index (χ3n) is 3.52. The van der Waals surface area contributed by atoms with Gasteiger partial charge in [-0.2, -0.15) is 0 Å². The van der Waals surface area contributed by atoms with E-state index in [-0.39, 0.29) is 25.1 Å². The summed E-state index contributed by atoms with van der Waals surface area (Å²) in [5.74, 6) is 0.454. The molecule has 0 aromatic heterocycles. The zero-order valence-corrected chi connectivity index (χ0v) is 11.7. The fourth-order valence-electron chi connectivity index (χ4n) is 2.01. The molecule has 1 unspecified atom stereocenters. The fraction of sp³-hybridized carbons (Fsp3) is 0.429. The Bertz CT molecular complexity index is 515. The van der Waals surface area contributed by atoms with Gasteiger partial charge in [-0.15, -0.1) is 0 Å². The van der Waals surface area contributed by atoms with Gasteiger partial charge < -0.3 is 15.8 Å². The Morgan fingerprint density at radius 2 is 1.95 bits per heavy atom. The molecule has 1 aromatic carbocycles. The molecule has 1 fully saturated rings. The second-order valence-electron chi connectivity index (χ2n) is 4.99. The van der Waals surface area contributed by atoms with E-state index in [9.17, 15) is 9.59 Å². The van der Waals surface area contributed by atoms with Crippen molar-refractivity contribution in [3.8, 4) is 5.75 Å². The van der Waals surface area contributed by atoms with Gasteiger partial charge in [0.15, 0.2) is 0 Å². The predicted octanol–water partition coefficient (Wildman–Crippen LogP) is 1.37. The minimum absolute atomic E-state index is 0.203. The van der Waals surface area contributed by atoms with E-state index >= 15 is 0 Å². The number of hydrogen-bond donors (Lipinski definition) is 2. The van der Waals surface area contributed by atoms with E-state index in [1.54, 1.807) is 31.2 Å². The van der Waals surface area contributed by atoms with Gasteiger partial charge in [0.05, 0.1) is 6.54 Å². The summed E-state index contributed by atoms with van der Waals surface area (Å²) in [6.45, 7) is 4.08. The minimum atomic E-state index is -0.793. The number of nitrogens with one attached hydrogen (secondary N) is 1. The van der Waals surface area contributed by atoms with Crippen molar-refractivity contribution in [1.29, 1.82) is 0 Å². The second kappa shape index (κ2) is 5.40. The molecular formula is C14H19N3O3. The first kappa shape index (κ1) is 14.2. The van der Waals surface area contributed by atoms with Crippen molar-refractivity contribution in [3.05, 3.63) is 24.3 Å². The molecule has 20 heavy (non-hydrogen) atoms. The number of rotatable bonds is 5. The highest BCUT2D eigenvalue weighted by Gasteiger charge is 2.46. The van der Waals surface area contributed by atoms with Crippen LogP contribution in [-0.2, 0) is 4.79 Å². The van der Waals surface area contributed by atoms with Crippen LogP contribution in [0.25, 0.3) is 0 Å². The molecule has 1 atom stereocenters. The van der Waals surface area contributed by atoms with Crippen molar-refractivity contribution in [3.63, 3.8) is 0 Å². The van der Waals surface area contributed by atoms with E-state index in [2.05, 4.69) is 5.32 Å². The Balaban J connectivity index is 1.90. The number of carbonyl (C=O) groups is 2. The molecule has 6 heteroatoms. The van der Waals surface area contributed by atoms with Gasteiger partial charge >= 0.3 is 6.03 Å². The van der Waals surface area contributed by atoms with Crippen LogP contribution < -0.4 is 15.8 Å². The largest absolute Gasteiger partial charge is 0.492 e. The highest BCUT2D eigenvalue weighted by Crippen LogP contribution is 2.20. The number of hydrogen-bond acceptors (Lipinski definition) is 4. The van der Waals surface area contributed by atoms with Gasteiger partial charge in [-0.05, 0) is 37.6 Å². The number of benzene rings is 1. The Morgan fingerprint density at radius 1 is 1.30 bits per heavy atom. The van der Waals surface area contributed by atoms with Crippen molar-refractivity contribution < 1.29 is 14.3 Å². The quantitative estimate of drug-likeness (QED) is 0.629. The molecule has 1 aromatic rings. The minimum Gasteiger partial charge on any atom is -0.492 e. The first-order valence-electron chi connectivity index (χ1n) is 6.59. The summed E-state index contributed by atoms with van der Waals surface area (Å²) >= 11 is 0. The SMILES string of the molecule is CCC1(C)NC(=O)N(CCOc2ccc(N)cc2)C1=O. The van der Waals surface area contributed by atoms with Crippen LogP contribution in [0.15, 0.2) is 24.3 Å². The van der Waals surface area contributed by atoms with Crippen molar-refractivity contribution in [2.45, 2.75) is 25.8 Å². The second-order valence-corrected chi connectivity index (χ2v) is 4.99. The van der Waals surface area contributed by atoms with Gasteiger partial charge in [0.25, 0.3) is 5.91 Å². The smallest absolute Gasteiger partial charge is 0.325 e. The molecule has 108 valence electrons. The lowest BCUT2D eigenvalue weighted by Crippen LogP contribution is -2.43. The number of carbonyl (C=O) groups excluding carboxylic acids is 2. The standard InChI is InChI=1S/C14H19N3O3/c1-3-14(2)12(18)17(13(19)16-14)8-9-20-11-6-4-10(15)5-7-11/h4-7H,3,8-9,15H2,1-2H3,(H,16,19). The van der Waals surface area contributed by atoms with Gasteiger partial charge in [0, 0.05) is 5.69 Å². The highest BCUT2D eigenvalue weighted by molar-refractivity contribution is 6.06. The Labute approximate surface area is 117 Å². The maximum Gasteiger partial charge on any atom is 0.325 e. The van der Waals surface area contributed by atoms with E-state index in [1.807, 2.05) is 6.92 Å². The van der Waals surface area contributed by atoms with Gasteiger partial charge in [0.2, 0.25) is 0 Å². The van der Waals surface area contributed by atoms with Crippen molar-refractivity contribution in [2.24, 2.45) is 0 Å². The molecule has 2 rings (SSSR count). The van der Waals surface area contributed by atoms with Crippen LogP contribution in [0.4, 0.5) is 10.5 Å². The summed E-state index contributed by atoms with van der Waals surface area (Å²) in [5.41, 5.74) is 5.44. The summed E-state index contributed by atoms with van der Waals surface area (Å²) < 4.78 is 5.49. The van der Waals surface area contributed by atoms with Crippen LogP contribution in [-0.4, -0.2) is 35.5 Å². The number of amides is 3. The number of nitrogens with two attached hydrogens (primary N) is 1. The summed E-state index contributed by atoms with van der Waals surface area (Å²) in [6, 6.07) is 6.60. The van der Waals surface area contributed by atoms with Crippen LogP contribution >= 0.6 is 0 Å². The third-order valence-corrected chi connectivity index (χ3v) is 3.52. The summed E-state index contributed by atoms with van der Waals surface area (Å²) in [5, 5.41) is 2.70. The summed E-state index contributed by atoms with van der Waals surface area (Å²) in [4.78, 5) is 25.1. The van der Waals surface area contributed by atoms with Crippen LogP contribution in [0.1, 0.15) is 20.3 Å². The molecule has 0 saturated carbocycles. The van der Waals surface area contributed by atoms with Gasteiger partial charge in [-0.3, -0.25) is 9.69 Å². The molecule has 0 spiro atoms. The van der Waals surface area contributed by atoms with Gasteiger partial charge in [-0.1, -0.05) is 6.92 Å². The van der Waals surface area contributed by atoms with Gasteiger partial charge in [-0.25, -0.2) is 4.79 Å². The number of nitrogen functional groups attached to an aromatic ring is 1. The molecular weight excluding hydrogens is 258 g/mol. The number of nitrogens with zero attached hydrogens (tertiary/aromatic N) is 1. The average Bonchev–Trinajstić information content (AvgIpc) is 2.65. The van der Waals surface area contributed by atoms with Gasteiger partial charge in [0.1, 0.15) is 17.9 Å². The van der Waals surface area contributed by atoms with Crippen molar-refractivity contribution in [2.75, 3.05) is 18.9 Å². The predicted molar refractivity (Wildman–Crippen MR) is 75.3 cm³/mol. The van der Waals surface area contributed by atoms with E-state index in [0.717, 1.165) is 0 Å². The molecule has 0 aliphatic carbocycles. The van der Waals surface area contributed by atoms with E-state index in [0.29, 0.717) is 17.9 Å². The molecule has 6 nitrogen and oxygen atoms in total. The topological polar surface area (TPSA) is 84.7 Å². The number of urea groups is 1. The number of imide groups is 1. The van der Waals surface area contributed by atoms with Crippen LogP contribution in [0.2, 0.25) is 0 Å². The average molecular weight is 277 g/mol. The Hall–Kier alpha value is -2.24. The molecule has 1 heterocycles. The maximum absolute atomic E-state index is 12.1. The highest BCUT2D eigenvalue weighted by atomic mass is 16.5. The molecule has 3 N–H and O–H groups in total. The van der Waals surface area contributed by atoms with E-state index < -0.39 is 5.54 Å². The molecule has 1 aliphatic heterocycles. The number of anilines is 1. The van der Waals surface area contributed by atoms with Crippen molar-refractivity contribution in [1.82, 2.24) is 10.2 Å². The Morgan fingerprint density at radius 3 is 2.50 bits per heavy atom. The maximum atomic E-state index is 12.1. The summed E-state index contributed by atoms with van der Waals surface area (Å²) in [7, 11) is 0. The monoisotopic (exact) mass is 277 g/mol. The van der Waals surface area contributed by atoms with Crippen LogP contribution in [0.3, 0.4) is 0 Å². The van der Waals surface area contributed by atoms with Crippen LogP contribution in [0, 0.1) is 0 Å². The van der Waals surface area contributed by atoms with Crippen LogP contribution in [0.5, 0.6) is 5.75 Å². The normalized spacial score (nSPS) is 22.0. The van der Waals surface area contributed by atoms with Crippen molar-refractivity contribution >= 4 is 17.6 Å². The lowest BCUT2D eigenvalue weighted by atomic mass is 9.99. The zero-order chi connectivity index (χ0) is 14.8. The summed E-state index contributed by atoms with van der Waals surface area (Å²) in [6.07, 6.45) is 0.562. The van der Waals surface area contributed by atoms with E-state index in [1.165, 1.54) is 4.90 Å². The third kappa shape index (κ3) is 2.68. The molecule has 1 saturated heterocycles. The molecule has 1 aliphatic rings.